The monoisotopic (exact) mass is 433 g/mol. The number of aromatic nitrogens is 3. The van der Waals surface area contributed by atoms with E-state index in [9.17, 15) is 4.79 Å². The average Bonchev–Trinajstić information content (AvgIpc) is 3.35. The predicted octanol–water partition coefficient (Wildman–Crippen LogP) is 5.00. The lowest BCUT2D eigenvalue weighted by atomic mass is 9.96. The Hall–Kier alpha value is -3.61. The van der Waals surface area contributed by atoms with E-state index < -0.39 is 0 Å². The van der Waals surface area contributed by atoms with E-state index in [1.54, 1.807) is 18.1 Å². The number of hydrogen-bond acceptors (Lipinski definition) is 6. The van der Waals surface area contributed by atoms with Crippen LogP contribution in [0.3, 0.4) is 0 Å². The van der Waals surface area contributed by atoms with Crippen LogP contribution in [0.15, 0.2) is 47.1 Å². The first-order chi connectivity index (χ1) is 15.4. The molecule has 0 unspecified atom stereocenters. The first-order valence-corrected chi connectivity index (χ1v) is 10.5. The molecule has 0 spiro atoms. The number of ether oxygens (including phenoxy) is 2. The number of benzene rings is 1. The first kappa shape index (κ1) is 21.6. The molecule has 0 bridgehead atoms. The number of pyridine rings is 1. The fraction of sp³-hybridized carbons (Fsp3) is 0.320. The zero-order chi connectivity index (χ0) is 22.8. The summed E-state index contributed by atoms with van der Waals surface area (Å²) in [4.78, 5) is 17.1. The van der Waals surface area contributed by atoms with Crippen molar-refractivity contribution in [3.8, 4) is 22.9 Å². The van der Waals surface area contributed by atoms with Gasteiger partial charge in [-0.25, -0.2) is 4.68 Å². The van der Waals surface area contributed by atoms with Gasteiger partial charge in [-0.15, -0.1) is 0 Å². The molecule has 1 aromatic carbocycles. The number of rotatable bonds is 8. The second kappa shape index (κ2) is 8.86. The third kappa shape index (κ3) is 4.23. The zero-order valence-corrected chi connectivity index (χ0v) is 19.0. The second-order valence-corrected chi connectivity index (χ2v) is 8.04. The Morgan fingerprint density at radius 2 is 1.94 bits per heavy atom. The van der Waals surface area contributed by atoms with E-state index >= 15 is 0 Å². The van der Waals surface area contributed by atoms with E-state index in [2.05, 4.69) is 10.1 Å². The Bertz CT molecular complexity index is 1250. The number of Topliss-reactive ketones (excluding diaryl/α,β-unsaturated/α-hetero) is 1. The van der Waals surface area contributed by atoms with Gasteiger partial charge >= 0.3 is 0 Å². The largest absolute Gasteiger partial charge is 0.497 e. The molecule has 166 valence electrons. The highest BCUT2D eigenvalue weighted by Gasteiger charge is 2.19. The molecule has 0 N–H and O–H groups in total. The minimum Gasteiger partial charge on any atom is -0.497 e. The van der Waals surface area contributed by atoms with Gasteiger partial charge in [0.25, 0.3) is 0 Å². The molecule has 0 aliphatic heterocycles. The van der Waals surface area contributed by atoms with E-state index in [1.165, 1.54) is 0 Å². The van der Waals surface area contributed by atoms with Crippen LogP contribution in [0.1, 0.15) is 36.1 Å². The lowest BCUT2D eigenvalue weighted by molar-refractivity contribution is -0.121. The van der Waals surface area contributed by atoms with E-state index in [1.807, 2.05) is 64.2 Å². The van der Waals surface area contributed by atoms with Crippen LogP contribution in [0, 0.1) is 13.8 Å². The molecule has 7 heteroatoms. The van der Waals surface area contributed by atoms with Crippen molar-refractivity contribution in [1.82, 2.24) is 14.8 Å². The van der Waals surface area contributed by atoms with Crippen molar-refractivity contribution in [2.45, 2.75) is 33.1 Å². The number of carbonyl (C=O) groups is 1. The third-order valence-electron chi connectivity index (χ3n) is 5.68. The molecule has 0 aliphatic carbocycles. The van der Waals surface area contributed by atoms with Crippen molar-refractivity contribution >= 4 is 16.8 Å². The van der Waals surface area contributed by atoms with Crippen LogP contribution in [-0.2, 0) is 11.8 Å². The van der Waals surface area contributed by atoms with E-state index in [0.717, 1.165) is 39.3 Å². The molecule has 4 aromatic rings. The Morgan fingerprint density at radius 1 is 1.19 bits per heavy atom. The molecule has 32 heavy (non-hydrogen) atoms. The van der Waals surface area contributed by atoms with Crippen molar-refractivity contribution in [3.63, 3.8) is 0 Å². The normalized spacial score (nSPS) is 12.2. The third-order valence-corrected chi connectivity index (χ3v) is 5.68. The maximum absolute atomic E-state index is 12.5. The molecule has 0 fully saturated rings. The molecule has 7 nitrogen and oxygen atoms in total. The van der Waals surface area contributed by atoms with Crippen LogP contribution >= 0.6 is 0 Å². The summed E-state index contributed by atoms with van der Waals surface area (Å²) in [5, 5.41) is 5.59. The highest BCUT2D eigenvalue weighted by atomic mass is 16.5. The zero-order valence-electron chi connectivity index (χ0n) is 19.0. The van der Waals surface area contributed by atoms with Gasteiger partial charge in [-0.3, -0.25) is 4.79 Å². The number of methoxy groups -OCH3 is 1. The van der Waals surface area contributed by atoms with E-state index in [-0.39, 0.29) is 18.3 Å². The summed E-state index contributed by atoms with van der Waals surface area (Å²) >= 11 is 0. The summed E-state index contributed by atoms with van der Waals surface area (Å²) in [5.41, 5.74) is 4.54. The van der Waals surface area contributed by atoms with Crippen molar-refractivity contribution in [1.29, 1.82) is 0 Å². The highest BCUT2D eigenvalue weighted by Crippen LogP contribution is 2.33. The van der Waals surface area contributed by atoms with Gasteiger partial charge in [-0.1, -0.05) is 19.1 Å². The molecule has 4 rings (SSSR count). The first-order valence-electron chi connectivity index (χ1n) is 10.5. The summed E-state index contributed by atoms with van der Waals surface area (Å²) in [6.07, 6.45) is 2.05. The van der Waals surface area contributed by atoms with Crippen LogP contribution in [0.2, 0.25) is 0 Å². The van der Waals surface area contributed by atoms with Crippen LogP contribution in [0.25, 0.3) is 22.3 Å². The molecule has 3 heterocycles. The lowest BCUT2D eigenvalue weighted by Crippen LogP contribution is -2.14. The van der Waals surface area contributed by atoms with Crippen molar-refractivity contribution in [3.05, 3.63) is 59.5 Å². The number of ketones is 1. The highest BCUT2D eigenvalue weighted by molar-refractivity contribution is 5.94. The summed E-state index contributed by atoms with van der Waals surface area (Å²) in [7, 11) is 3.48. The average molecular weight is 434 g/mol. The van der Waals surface area contributed by atoms with Gasteiger partial charge in [-0.2, -0.15) is 10.1 Å². The molecule has 0 saturated carbocycles. The molecule has 3 aromatic heterocycles. The van der Waals surface area contributed by atoms with Gasteiger partial charge in [0, 0.05) is 25.1 Å². The van der Waals surface area contributed by atoms with E-state index in [4.69, 9.17) is 13.9 Å². The van der Waals surface area contributed by atoms with Gasteiger partial charge in [0.1, 0.15) is 23.8 Å². The fourth-order valence-electron chi connectivity index (χ4n) is 3.90. The van der Waals surface area contributed by atoms with Crippen molar-refractivity contribution < 1.29 is 18.7 Å². The van der Waals surface area contributed by atoms with Crippen LogP contribution in [0.4, 0.5) is 0 Å². The Balaban J connectivity index is 1.47. The van der Waals surface area contributed by atoms with Gasteiger partial charge < -0.3 is 13.9 Å². The number of nitrogens with zero attached hydrogens (tertiary/aromatic N) is 3. The molecule has 0 amide bonds. The smallest absolute Gasteiger partial charge is 0.215 e. The predicted molar refractivity (Wildman–Crippen MR) is 122 cm³/mol. The molecule has 0 radical (unpaired) electrons. The second-order valence-electron chi connectivity index (χ2n) is 8.04. The molecular weight excluding hydrogens is 406 g/mol. The maximum atomic E-state index is 12.5. The topological polar surface area (TPSA) is 79.4 Å². The lowest BCUT2D eigenvalue weighted by Gasteiger charge is -2.12. The quantitative estimate of drug-likeness (QED) is 0.389. The summed E-state index contributed by atoms with van der Waals surface area (Å²) in [6, 6.07) is 11.5. The molecule has 1 atom stereocenters. The number of carbonyl (C=O) groups excluding carboxylic acids is 1. The van der Waals surface area contributed by atoms with Gasteiger partial charge in [0.05, 0.1) is 18.8 Å². The Kier molecular flexibility index (Phi) is 5.99. The standard InChI is InChI=1S/C25H27N3O4/c1-15(18-6-8-20(30-5)9-7-18)12-19(29)14-32-22-13-16(2)23-24(21-10-11-31-17(21)3)27-28(4)25(23)26-22/h6-11,13,15H,12,14H2,1-5H3/t15-/m1/s1. The summed E-state index contributed by atoms with van der Waals surface area (Å²) < 4.78 is 18.1. The number of fused-ring (bicyclic) bond motifs is 1. The Morgan fingerprint density at radius 3 is 2.59 bits per heavy atom. The minimum atomic E-state index is -0.0238. The van der Waals surface area contributed by atoms with Crippen LogP contribution < -0.4 is 9.47 Å². The van der Waals surface area contributed by atoms with Gasteiger partial charge in [0.2, 0.25) is 5.88 Å². The molecule has 0 aliphatic rings. The fourth-order valence-corrected chi connectivity index (χ4v) is 3.90. The SMILES string of the molecule is COc1ccc([C@H](C)CC(=O)COc2cc(C)c3c(-c4ccoc4C)nn(C)c3n2)cc1. The number of hydrogen-bond donors (Lipinski definition) is 0. The summed E-state index contributed by atoms with van der Waals surface area (Å²) in [5.74, 6) is 2.13. The van der Waals surface area contributed by atoms with Crippen molar-refractivity contribution in [2.75, 3.05) is 13.7 Å². The van der Waals surface area contributed by atoms with Gasteiger partial charge in [0.15, 0.2) is 11.4 Å². The van der Waals surface area contributed by atoms with Gasteiger partial charge in [-0.05, 0) is 49.1 Å². The number of furan rings is 1. The molecular formula is C25H27N3O4. The summed E-state index contributed by atoms with van der Waals surface area (Å²) in [6.45, 7) is 5.91. The maximum Gasteiger partial charge on any atom is 0.215 e. The minimum absolute atomic E-state index is 0.0209. The van der Waals surface area contributed by atoms with Crippen molar-refractivity contribution in [2.24, 2.45) is 7.05 Å². The van der Waals surface area contributed by atoms with Crippen LogP contribution in [0.5, 0.6) is 11.6 Å². The number of aryl methyl sites for hydroxylation is 3. The Labute approximate surface area is 187 Å². The van der Waals surface area contributed by atoms with Crippen LogP contribution in [-0.4, -0.2) is 34.3 Å². The van der Waals surface area contributed by atoms with E-state index in [0.29, 0.717) is 17.9 Å². The molecule has 0 saturated heterocycles.